The summed E-state index contributed by atoms with van der Waals surface area (Å²) in [6.07, 6.45) is 19.2. The molecule has 88 heavy (non-hydrogen) atoms. The second-order valence-corrected chi connectivity index (χ2v) is 18.6. The van der Waals surface area contributed by atoms with Crippen LogP contribution in [0.5, 0.6) is 35.3 Å². The second kappa shape index (κ2) is 51.6. The Kier molecular flexibility index (Phi) is 44.3. The van der Waals surface area contributed by atoms with Crippen LogP contribution in [0, 0.1) is 0 Å². The Morgan fingerprint density at radius 3 is 1.14 bits per heavy atom. The predicted octanol–water partition coefficient (Wildman–Crippen LogP) is 11.8. The van der Waals surface area contributed by atoms with E-state index in [1.807, 2.05) is 154 Å². The van der Waals surface area contributed by atoms with Crippen molar-refractivity contribution in [3.63, 3.8) is 0 Å². The van der Waals surface area contributed by atoms with E-state index in [0.29, 0.717) is 55.1 Å². The van der Waals surface area contributed by atoms with Crippen molar-refractivity contribution in [1.82, 2.24) is 44.8 Å². The normalized spacial score (nSPS) is 12.8. The highest BCUT2D eigenvalue weighted by Gasteiger charge is 2.12. The highest BCUT2D eigenvalue weighted by molar-refractivity contribution is 5.38. The van der Waals surface area contributed by atoms with Gasteiger partial charge in [0.15, 0.2) is 0 Å². The Labute approximate surface area is 524 Å². The molecule has 20 heteroatoms. The van der Waals surface area contributed by atoms with Crippen molar-refractivity contribution in [2.75, 3.05) is 122 Å². The number of aliphatic hydroxyl groups is 1. The zero-order chi connectivity index (χ0) is 61.0. The molecule has 0 saturated carbocycles. The molecule has 3 fully saturated rings. The number of methoxy groups -OCH3 is 1. The fraction of sp³-hybridized carbons (Fsp3) is 0.412. The van der Waals surface area contributed by atoms with Crippen LogP contribution in [-0.4, -0.2) is 168 Å². The van der Waals surface area contributed by atoms with Gasteiger partial charge in [0.1, 0.15) is 24.8 Å². The molecule has 0 spiro atoms. The number of aromatic nitrogens is 8. The first-order chi connectivity index (χ1) is 42.4. The molecule has 0 atom stereocenters. The molecule has 11 heterocycles. The molecule has 3 saturated heterocycles. The molecule has 0 aromatic carbocycles. The number of rotatable bonds is 17. The van der Waals surface area contributed by atoms with Gasteiger partial charge in [0.25, 0.3) is 0 Å². The second-order valence-electron chi connectivity index (χ2n) is 18.6. The van der Waals surface area contributed by atoms with Crippen molar-refractivity contribution >= 4 is 11.6 Å². The maximum atomic E-state index is 8.37. The highest BCUT2D eigenvalue weighted by Crippen LogP contribution is 2.16. The molecular formula is C68H97N11O9. The highest BCUT2D eigenvalue weighted by atomic mass is 16.5. The average Bonchev–Trinajstić information content (AvgIpc) is 3.71. The standard InChI is InChI=1S/C11H16N2O2.C10H14N2.C9H12N2O.2C8H11NO.C7H9NO2.C7H9NO.C6H7NO.2CH4/c1-2-4-12-11(3-1)15-10-7-13-5-8-14-9-6-13;1-4-8-12(9-5-1)10-6-2-3-7-11-10;1-2-4-10-9(3-1)11-5-7-12-8-6-11;1-7(2)10-8-5-3-4-6-9-8;1-2-7-10-8-5-3-4-6-9-8;9-5-6-10-7-3-1-2-4-8-7;1-2-9-7-5-3-4-6-8-7;1-8-6-4-2-3-5-7-6;;/h1-4H,5-10H2;2-3,6-7H,1,4-5,8-9H2;1-4H,5-8H2;3-7H,1-2H3;3-6H,2,7H2,1H3;1-4,9H,5-6H2;3-6H,2H2,1H3;2-5H,1H3;2*1H4. The number of hydrogen-bond acceptors (Lipinski definition) is 20. The molecule has 8 aromatic rings. The van der Waals surface area contributed by atoms with Crippen LogP contribution in [0.3, 0.4) is 0 Å². The molecule has 3 aliphatic rings. The number of pyridine rings is 8. The maximum Gasteiger partial charge on any atom is 0.213 e. The summed E-state index contributed by atoms with van der Waals surface area (Å²) < 4.78 is 41.5. The van der Waals surface area contributed by atoms with Gasteiger partial charge in [0, 0.05) is 132 Å². The summed E-state index contributed by atoms with van der Waals surface area (Å²) >= 11 is 0. The first kappa shape index (κ1) is 75.5. The monoisotopic (exact) mass is 1210 g/mol. The molecule has 478 valence electrons. The lowest BCUT2D eigenvalue weighted by atomic mass is 10.1. The van der Waals surface area contributed by atoms with E-state index >= 15 is 0 Å². The minimum atomic E-state index is 0. The summed E-state index contributed by atoms with van der Waals surface area (Å²) in [5.74, 6) is 6.20. The van der Waals surface area contributed by atoms with Gasteiger partial charge < -0.3 is 52.8 Å². The number of aliphatic hydroxyl groups excluding tert-OH is 1. The van der Waals surface area contributed by atoms with Crippen molar-refractivity contribution in [2.24, 2.45) is 0 Å². The molecule has 3 aliphatic heterocycles. The van der Waals surface area contributed by atoms with E-state index < -0.39 is 0 Å². The largest absolute Gasteiger partial charge is 0.481 e. The van der Waals surface area contributed by atoms with E-state index in [2.05, 4.69) is 73.6 Å². The summed E-state index contributed by atoms with van der Waals surface area (Å²) in [6.45, 7) is 20.9. The van der Waals surface area contributed by atoms with Crippen LogP contribution in [0.25, 0.3) is 0 Å². The summed E-state index contributed by atoms with van der Waals surface area (Å²) in [4.78, 5) is 39.3. The van der Waals surface area contributed by atoms with Crippen LogP contribution >= 0.6 is 0 Å². The Bertz CT molecular complexity index is 2620. The van der Waals surface area contributed by atoms with E-state index in [9.17, 15) is 0 Å². The third-order valence-electron chi connectivity index (χ3n) is 11.6. The topological polar surface area (TPSA) is 207 Å². The quantitative estimate of drug-likeness (QED) is 0.0899. The van der Waals surface area contributed by atoms with E-state index in [-0.39, 0.29) is 27.6 Å². The lowest BCUT2D eigenvalue weighted by Crippen LogP contribution is -2.38. The number of nitrogens with zero attached hydrogens (tertiary/aromatic N) is 11. The third kappa shape index (κ3) is 37.1. The van der Waals surface area contributed by atoms with Crippen LogP contribution in [0.2, 0.25) is 0 Å². The van der Waals surface area contributed by atoms with Gasteiger partial charge in [-0.25, -0.2) is 39.9 Å². The number of piperidine rings is 1. The Morgan fingerprint density at radius 2 is 0.784 bits per heavy atom. The molecule has 8 aromatic heterocycles. The van der Waals surface area contributed by atoms with Gasteiger partial charge in [-0.1, -0.05) is 70.3 Å². The summed E-state index contributed by atoms with van der Waals surface area (Å²) in [5, 5.41) is 8.37. The third-order valence-corrected chi connectivity index (χ3v) is 11.6. The van der Waals surface area contributed by atoms with Crippen molar-refractivity contribution in [3.8, 4) is 35.3 Å². The van der Waals surface area contributed by atoms with Crippen LogP contribution < -0.4 is 38.2 Å². The summed E-state index contributed by atoms with van der Waals surface area (Å²) in [7, 11) is 1.60. The number of morpholine rings is 2. The molecule has 11 rings (SSSR count). The molecule has 0 unspecified atom stereocenters. The Morgan fingerprint density at radius 1 is 0.420 bits per heavy atom. The van der Waals surface area contributed by atoms with Gasteiger partial charge in [-0.05, 0) is 107 Å². The smallest absolute Gasteiger partial charge is 0.213 e. The van der Waals surface area contributed by atoms with E-state index in [4.69, 9.17) is 43.0 Å². The van der Waals surface area contributed by atoms with Crippen LogP contribution in [0.1, 0.15) is 68.2 Å². The van der Waals surface area contributed by atoms with E-state index in [1.165, 1.54) is 32.4 Å². The van der Waals surface area contributed by atoms with Crippen LogP contribution in [0.15, 0.2) is 195 Å². The van der Waals surface area contributed by atoms with Gasteiger partial charge in [-0.2, -0.15) is 0 Å². The minimum Gasteiger partial charge on any atom is -0.481 e. The molecule has 0 radical (unpaired) electrons. The SMILES string of the molecule is C.C.CC(C)Oc1ccccn1.CCCOc1ccccn1.CCOc1ccccn1.COc1ccccn1.OCCOc1ccccn1.c1ccc(N2CCCCC2)nc1.c1ccc(N2CCOCC2)nc1.c1ccc(OCCN2CCOCC2)nc1. The van der Waals surface area contributed by atoms with E-state index in [0.717, 1.165) is 83.8 Å². The zero-order valence-corrected chi connectivity index (χ0v) is 50.8. The van der Waals surface area contributed by atoms with E-state index in [1.54, 1.807) is 56.4 Å². The molecule has 0 bridgehead atoms. The van der Waals surface area contributed by atoms with Crippen LogP contribution in [-0.2, 0) is 9.47 Å². The minimum absolute atomic E-state index is 0. The molecule has 1 N–H and O–H groups in total. The maximum absolute atomic E-state index is 8.37. The first-order valence-corrected chi connectivity index (χ1v) is 29.4. The molecule has 0 aliphatic carbocycles. The Balaban J connectivity index is 0.000000344. The zero-order valence-electron chi connectivity index (χ0n) is 50.8. The number of ether oxygens (including phenoxy) is 8. The van der Waals surface area contributed by atoms with Crippen molar-refractivity contribution in [1.29, 1.82) is 0 Å². The van der Waals surface area contributed by atoms with Gasteiger partial charge in [0.2, 0.25) is 35.3 Å². The number of anilines is 2. The molecule has 0 amide bonds. The Hall–Kier alpha value is -8.56. The summed E-state index contributed by atoms with van der Waals surface area (Å²) in [6, 6.07) is 45.6. The fourth-order valence-corrected chi connectivity index (χ4v) is 7.46. The van der Waals surface area contributed by atoms with Gasteiger partial charge in [0.05, 0.1) is 59.5 Å². The summed E-state index contributed by atoms with van der Waals surface area (Å²) in [5.41, 5.74) is 0. The average molecular weight is 1210 g/mol. The lowest BCUT2D eigenvalue weighted by Gasteiger charge is -2.27. The van der Waals surface area contributed by atoms with Crippen LogP contribution in [0.4, 0.5) is 11.6 Å². The van der Waals surface area contributed by atoms with Gasteiger partial charge in [-0.15, -0.1) is 0 Å². The predicted molar refractivity (Wildman–Crippen MR) is 351 cm³/mol. The van der Waals surface area contributed by atoms with Gasteiger partial charge >= 0.3 is 0 Å². The fourth-order valence-electron chi connectivity index (χ4n) is 7.46. The van der Waals surface area contributed by atoms with Crippen molar-refractivity contribution in [3.05, 3.63) is 195 Å². The first-order valence-electron chi connectivity index (χ1n) is 29.4. The van der Waals surface area contributed by atoms with Crippen molar-refractivity contribution in [2.45, 2.75) is 74.3 Å². The lowest BCUT2D eigenvalue weighted by molar-refractivity contribution is 0.0320. The van der Waals surface area contributed by atoms with Gasteiger partial charge in [-0.3, -0.25) is 4.90 Å². The van der Waals surface area contributed by atoms with Crippen molar-refractivity contribution < 1.29 is 43.0 Å². The molecular weight excluding hydrogens is 1110 g/mol. The molecule has 20 nitrogen and oxygen atoms in total. The number of hydrogen-bond donors (Lipinski definition) is 1.